The first-order valence-electron chi connectivity index (χ1n) is 6.69. The van der Waals surface area contributed by atoms with Crippen LogP contribution in [-0.4, -0.2) is 38.9 Å². The Morgan fingerprint density at radius 3 is 2.41 bits per heavy atom. The van der Waals surface area contributed by atoms with Crippen molar-refractivity contribution < 1.29 is 21.6 Å². The highest BCUT2D eigenvalue weighted by Gasteiger charge is 2.40. The molecule has 1 saturated heterocycles. The number of nitrogens with one attached hydrogen (secondary N) is 1. The molecule has 0 radical (unpaired) electrons. The van der Waals surface area contributed by atoms with Crippen molar-refractivity contribution in [3.63, 3.8) is 0 Å². The summed E-state index contributed by atoms with van der Waals surface area (Å²) in [6.07, 6.45) is -3.67. The van der Waals surface area contributed by atoms with Gasteiger partial charge in [0.2, 0.25) is 10.0 Å². The van der Waals surface area contributed by atoms with Crippen molar-refractivity contribution in [2.24, 2.45) is 0 Å². The summed E-state index contributed by atoms with van der Waals surface area (Å²) in [7, 11) is -2.92. The molecule has 124 valence electrons. The maximum Gasteiger partial charge on any atom is 0.417 e. The molecule has 1 aromatic rings. The molecular weight excluding hydrogens is 341 g/mol. The minimum absolute atomic E-state index is 0.157. The van der Waals surface area contributed by atoms with Gasteiger partial charge in [-0.2, -0.15) is 17.5 Å². The largest absolute Gasteiger partial charge is 0.417 e. The molecule has 1 fully saturated rings. The fourth-order valence-corrected chi connectivity index (χ4v) is 4.25. The third-order valence-corrected chi connectivity index (χ3v) is 5.93. The van der Waals surface area contributed by atoms with Crippen molar-refractivity contribution in [3.8, 4) is 0 Å². The number of hydrogen-bond acceptors (Lipinski definition) is 3. The number of hydrogen-bond donors (Lipinski definition) is 1. The first-order valence-corrected chi connectivity index (χ1v) is 8.51. The van der Waals surface area contributed by atoms with Gasteiger partial charge in [0.1, 0.15) is 0 Å². The number of sulfonamides is 1. The van der Waals surface area contributed by atoms with Gasteiger partial charge in [-0.25, -0.2) is 8.42 Å². The van der Waals surface area contributed by atoms with E-state index in [4.69, 9.17) is 11.6 Å². The van der Waals surface area contributed by atoms with E-state index in [1.165, 1.54) is 7.05 Å². The Kier molecular flexibility index (Phi) is 5.06. The van der Waals surface area contributed by atoms with Gasteiger partial charge >= 0.3 is 6.18 Å². The van der Waals surface area contributed by atoms with E-state index < -0.39 is 26.7 Å². The van der Waals surface area contributed by atoms with Crippen LogP contribution in [0.1, 0.15) is 18.4 Å². The van der Waals surface area contributed by atoms with Gasteiger partial charge in [-0.05, 0) is 44.1 Å². The van der Waals surface area contributed by atoms with E-state index in [0.29, 0.717) is 32.0 Å². The molecule has 0 aromatic heterocycles. The standard InChI is InChI=1S/C13H16ClF3N2O2S/c1-19(10-4-6-18-7-5-10)22(20,21)12-3-2-9(14)8-11(12)13(15,16)17/h2-3,8,10,18H,4-7H2,1H3. The Labute approximate surface area is 132 Å². The van der Waals surface area contributed by atoms with E-state index in [2.05, 4.69) is 5.32 Å². The minimum Gasteiger partial charge on any atom is -0.317 e. The third-order valence-electron chi connectivity index (χ3n) is 3.73. The summed E-state index contributed by atoms with van der Waals surface area (Å²) in [5.74, 6) is 0. The maximum absolute atomic E-state index is 13.1. The number of alkyl halides is 3. The van der Waals surface area contributed by atoms with Gasteiger partial charge in [-0.3, -0.25) is 0 Å². The van der Waals surface area contributed by atoms with Crippen LogP contribution in [0.4, 0.5) is 13.2 Å². The Balaban J connectivity index is 2.45. The van der Waals surface area contributed by atoms with E-state index in [0.717, 1.165) is 16.4 Å². The molecule has 0 unspecified atom stereocenters. The quantitative estimate of drug-likeness (QED) is 0.906. The molecule has 0 atom stereocenters. The molecule has 1 N–H and O–H groups in total. The molecule has 0 saturated carbocycles. The summed E-state index contributed by atoms with van der Waals surface area (Å²) in [5, 5.41) is 2.93. The van der Waals surface area contributed by atoms with Gasteiger partial charge in [0.15, 0.2) is 0 Å². The van der Waals surface area contributed by atoms with Crippen molar-refractivity contribution in [2.45, 2.75) is 30.0 Å². The minimum atomic E-state index is -4.79. The highest BCUT2D eigenvalue weighted by Crippen LogP contribution is 2.37. The lowest BCUT2D eigenvalue weighted by Crippen LogP contribution is -2.44. The Morgan fingerprint density at radius 1 is 1.27 bits per heavy atom. The Hall–Kier alpha value is -0.830. The second kappa shape index (κ2) is 6.35. The van der Waals surface area contributed by atoms with Gasteiger partial charge < -0.3 is 5.32 Å². The SMILES string of the molecule is CN(C1CCNCC1)S(=O)(=O)c1ccc(Cl)cc1C(F)(F)F. The highest BCUT2D eigenvalue weighted by atomic mass is 35.5. The normalized spacial score (nSPS) is 17.9. The zero-order valence-electron chi connectivity index (χ0n) is 11.8. The molecule has 1 aromatic carbocycles. The van der Waals surface area contributed by atoms with Crippen molar-refractivity contribution >= 4 is 21.6 Å². The lowest BCUT2D eigenvalue weighted by molar-refractivity contribution is -0.139. The first-order chi connectivity index (χ1) is 10.1. The molecule has 0 spiro atoms. The van der Waals surface area contributed by atoms with Gasteiger partial charge in [0, 0.05) is 18.1 Å². The monoisotopic (exact) mass is 356 g/mol. The average molecular weight is 357 g/mol. The van der Waals surface area contributed by atoms with Crippen LogP contribution < -0.4 is 5.32 Å². The lowest BCUT2D eigenvalue weighted by atomic mass is 10.1. The third kappa shape index (κ3) is 3.56. The van der Waals surface area contributed by atoms with Crippen LogP contribution >= 0.6 is 11.6 Å². The van der Waals surface area contributed by atoms with Crippen LogP contribution in [0, 0.1) is 0 Å². The maximum atomic E-state index is 13.1. The molecule has 0 aliphatic carbocycles. The number of piperidine rings is 1. The molecule has 4 nitrogen and oxygen atoms in total. The average Bonchev–Trinajstić information content (AvgIpc) is 2.46. The predicted octanol–water partition coefficient (Wildman–Crippen LogP) is 2.73. The van der Waals surface area contributed by atoms with E-state index in [9.17, 15) is 21.6 Å². The number of rotatable bonds is 3. The molecule has 22 heavy (non-hydrogen) atoms. The van der Waals surface area contributed by atoms with E-state index in [-0.39, 0.29) is 11.1 Å². The Morgan fingerprint density at radius 2 is 1.86 bits per heavy atom. The summed E-state index contributed by atoms with van der Waals surface area (Å²) in [6.45, 7) is 1.27. The first kappa shape index (κ1) is 17.5. The van der Waals surface area contributed by atoms with Crippen LogP contribution in [0.3, 0.4) is 0 Å². The second-order valence-electron chi connectivity index (χ2n) is 5.14. The van der Waals surface area contributed by atoms with Gasteiger partial charge in [0.05, 0.1) is 10.5 Å². The molecule has 0 amide bonds. The summed E-state index contributed by atoms with van der Waals surface area (Å²) < 4.78 is 65.5. The summed E-state index contributed by atoms with van der Waals surface area (Å²) in [6, 6.07) is 2.39. The molecule has 0 bridgehead atoms. The molecule has 1 aliphatic heterocycles. The van der Waals surface area contributed by atoms with Crippen LogP contribution in [0.25, 0.3) is 0 Å². The summed E-state index contributed by atoms with van der Waals surface area (Å²) >= 11 is 5.58. The summed E-state index contributed by atoms with van der Waals surface area (Å²) in [4.78, 5) is -0.759. The van der Waals surface area contributed by atoms with Gasteiger partial charge in [-0.15, -0.1) is 0 Å². The molecule has 1 aliphatic rings. The van der Waals surface area contributed by atoms with Crippen LogP contribution in [0.2, 0.25) is 5.02 Å². The van der Waals surface area contributed by atoms with Crippen LogP contribution in [0.15, 0.2) is 23.1 Å². The Bertz CT molecular complexity index is 643. The molecule has 1 heterocycles. The van der Waals surface area contributed by atoms with Crippen molar-refractivity contribution in [2.75, 3.05) is 20.1 Å². The number of halogens is 4. The zero-order valence-corrected chi connectivity index (χ0v) is 13.4. The van der Waals surface area contributed by atoms with Gasteiger partial charge in [-0.1, -0.05) is 11.6 Å². The number of nitrogens with zero attached hydrogens (tertiary/aromatic N) is 1. The lowest BCUT2D eigenvalue weighted by Gasteiger charge is -2.31. The fraction of sp³-hybridized carbons (Fsp3) is 0.538. The molecule has 2 rings (SSSR count). The van der Waals surface area contributed by atoms with Crippen molar-refractivity contribution in [1.29, 1.82) is 0 Å². The second-order valence-corrected chi connectivity index (χ2v) is 7.54. The van der Waals surface area contributed by atoms with Crippen molar-refractivity contribution in [3.05, 3.63) is 28.8 Å². The smallest absolute Gasteiger partial charge is 0.317 e. The van der Waals surface area contributed by atoms with Gasteiger partial charge in [0.25, 0.3) is 0 Å². The van der Waals surface area contributed by atoms with E-state index in [1.54, 1.807) is 0 Å². The number of benzene rings is 1. The van der Waals surface area contributed by atoms with Crippen LogP contribution in [0.5, 0.6) is 0 Å². The molecule has 9 heteroatoms. The fourth-order valence-electron chi connectivity index (χ4n) is 2.47. The van der Waals surface area contributed by atoms with E-state index >= 15 is 0 Å². The predicted molar refractivity (Wildman–Crippen MR) is 77.3 cm³/mol. The van der Waals surface area contributed by atoms with Crippen LogP contribution in [-0.2, 0) is 16.2 Å². The summed E-state index contributed by atoms with van der Waals surface area (Å²) in [5.41, 5.74) is -1.24. The topological polar surface area (TPSA) is 49.4 Å². The molecular formula is C13H16ClF3N2O2S. The highest BCUT2D eigenvalue weighted by molar-refractivity contribution is 7.89. The van der Waals surface area contributed by atoms with E-state index in [1.807, 2.05) is 0 Å². The van der Waals surface area contributed by atoms with Crippen molar-refractivity contribution in [1.82, 2.24) is 9.62 Å². The zero-order chi connectivity index (χ0) is 16.5.